The number of nitrogens with zero attached hydrogens (tertiary/aromatic N) is 9. The number of hydrogen-bond donors (Lipinski definition) is 3. The van der Waals surface area contributed by atoms with Gasteiger partial charge in [-0.05, 0) is 128 Å². The van der Waals surface area contributed by atoms with Crippen LogP contribution < -0.4 is 30.2 Å². The molecule has 108 heavy (non-hydrogen) atoms. The van der Waals surface area contributed by atoms with E-state index in [0.717, 1.165) is 103 Å². The highest BCUT2D eigenvalue weighted by Crippen LogP contribution is 2.39. The highest BCUT2D eigenvalue weighted by atomic mass is 16.5. The van der Waals surface area contributed by atoms with Gasteiger partial charge in [-0.1, -0.05) is 305 Å². The van der Waals surface area contributed by atoms with Crippen LogP contribution in [0.1, 0.15) is 252 Å². The first-order valence-corrected chi connectivity index (χ1v) is 41.6. The highest BCUT2D eigenvalue weighted by Gasteiger charge is 2.14. The number of hydrogen-bond acceptors (Lipinski definition) is 15. The fraction of sp³-hybridized carbons (Fsp3) is 0.452. The Hall–Kier alpha value is -9.63. The number of nitrogens with one attached hydrogen (secondary N) is 3. The summed E-state index contributed by atoms with van der Waals surface area (Å²) in [6.45, 7) is 8.94. The van der Waals surface area contributed by atoms with Crippen LogP contribution in [0.4, 0.5) is 69.0 Å². The minimum Gasteiger partial charge on any atom is -0.493 e. The van der Waals surface area contributed by atoms with Crippen LogP contribution >= 0.6 is 0 Å². The zero-order valence-corrected chi connectivity index (χ0v) is 65.1. The van der Waals surface area contributed by atoms with Gasteiger partial charge in [-0.3, -0.25) is 0 Å². The molecule has 0 bridgehead atoms. The summed E-state index contributed by atoms with van der Waals surface area (Å²) in [5.74, 6) is 3.57. The zero-order chi connectivity index (χ0) is 74.5. The molecule has 0 saturated carbocycles. The van der Waals surface area contributed by atoms with Gasteiger partial charge in [0.1, 0.15) is 17.2 Å². The normalized spacial score (nSPS) is 11.7. The summed E-state index contributed by atoms with van der Waals surface area (Å²) in [5.41, 5.74) is 6.63. The van der Waals surface area contributed by atoms with E-state index in [0.29, 0.717) is 54.7 Å². The lowest BCUT2D eigenvalue weighted by molar-refractivity contribution is 0.307. The number of benzene rings is 9. The number of fused-ring (bicyclic) bond motifs is 3. The van der Waals surface area contributed by atoms with Gasteiger partial charge in [0.15, 0.2) is 0 Å². The van der Waals surface area contributed by atoms with Crippen molar-refractivity contribution < 1.29 is 14.2 Å². The molecular formula is C93H120N12O3. The topological polar surface area (TPSA) is 177 Å². The third-order valence-electron chi connectivity index (χ3n) is 20.2. The van der Waals surface area contributed by atoms with Gasteiger partial charge in [0.05, 0.1) is 53.9 Å². The summed E-state index contributed by atoms with van der Waals surface area (Å²) < 4.78 is 19.1. The van der Waals surface area contributed by atoms with Crippen LogP contribution in [0.15, 0.2) is 213 Å². The summed E-state index contributed by atoms with van der Waals surface area (Å²) in [7, 11) is 0. The number of aromatic nitrogens is 3. The Kier molecular flexibility index (Phi) is 35.9. The van der Waals surface area contributed by atoms with Crippen molar-refractivity contribution >= 4 is 101 Å². The number of azo groups is 3. The molecule has 0 spiro atoms. The Morgan fingerprint density at radius 1 is 0.222 bits per heavy atom. The second-order valence-electron chi connectivity index (χ2n) is 29.0. The van der Waals surface area contributed by atoms with Crippen molar-refractivity contribution in [3.05, 3.63) is 182 Å². The van der Waals surface area contributed by atoms with Gasteiger partial charge in [0.2, 0.25) is 17.8 Å². The Bertz CT molecular complexity index is 3850. The molecule has 3 N–H and O–H groups in total. The van der Waals surface area contributed by atoms with Gasteiger partial charge < -0.3 is 30.2 Å². The van der Waals surface area contributed by atoms with E-state index in [1.807, 2.05) is 146 Å². The average Bonchev–Trinajstić information content (AvgIpc) is 0.820. The lowest BCUT2D eigenvalue weighted by Crippen LogP contribution is -2.07. The summed E-state index contributed by atoms with van der Waals surface area (Å²) >= 11 is 0. The van der Waals surface area contributed by atoms with E-state index in [-0.39, 0.29) is 0 Å². The van der Waals surface area contributed by atoms with Crippen molar-refractivity contribution in [3.8, 4) is 17.2 Å². The van der Waals surface area contributed by atoms with Gasteiger partial charge in [0, 0.05) is 49.4 Å². The molecule has 9 aromatic carbocycles. The minimum absolute atomic E-state index is 0.314. The van der Waals surface area contributed by atoms with Crippen LogP contribution in [0.3, 0.4) is 0 Å². The van der Waals surface area contributed by atoms with Crippen molar-refractivity contribution in [1.29, 1.82) is 0 Å². The summed E-state index contributed by atoms with van der Waals surface area (Å²) in [6.07, 6.45) is 47.3. The van der Waals surface area contributed by atoms with Gasteiger partial charge in [-0.25, -0.2) is 0 Å². The van der Waals surface area contributed by atoms with Crippen molar-refractivity contribution in [2.24, 2.45) is 30.7 Å². The van der Waals surface area contributed by atoms with Crippen LogP contribution in [-0.4, -0.2) is 34.8 Å². The van der Waals surface area contributed by atoms with E-state index in [9.17, 15) is 0 Å². The second-order valence-corrected chi connectivity index (χ2v) is 29.0. The van der Waals surface area contributed by atoms with Crippen LogP contribution in [-0.2, 0) is 0 Å². The highest BCUT2D eigenvalue weighted by molar-refractivity contribution is 5.98. The molecule has 10 aromatic rings. The largest absolute Gasteiger partial charge is 0.493 e. The predicted molar refractivity (Wildman–Crippen MR) is 453 cm³/mol. The van der Waals surface area contributed by atoms with Gasteiger partial charge >= 0.3 is 0 Å². The smallest absolute Gasteiger partial charge is 0.233 e. The minimum atomic E-state index is 0.314. The summed E-state index contributed by atoms with van der Waals surface area (Å²) in [5, 5.41) is 44.5. The predicted octanol–water partition coefficient (Wildman–Crippen LogP) is 31.0. The van der Waals surface area contributed by atoms with E-state index in [1.165, 1.54) is 212 Å². The van der Waals surface area contributed by atoms with Crippen molar-refractivity contribution in [3.63, 3.8) is 0 Å². The van der Waals surface area contributed by atoms with Crippen molar-refractivity contribution in [1.82, 2.24) is 15.0 Å². The molecule has 0 aliphatic carbocycles. The maximum Gasteiger partial charge on any atom is 0.233 e. The van der Waals surface area contributed by atoms with E-state index < -0.39 is 0 Å². The van der Waals surface area contributed by atoms with Crippen LogP contribution in [0.25, 0.3) is 32.3 Å². The van der Waals surface area contributed by atoms with Crippen molar-refractivity contribution in [2.45, 2.75) is 252 Å². The average molecular weight is 1450 g/mol. The van der Waals surface area contributed by atoms with Crippen LogP contribution in [0, 0.1) is 0 Å². The number of anilines is 6. The maximum atomic E-state index is 6.37. The second kappa shape index (κ2) is 47.9. The lowest BCUT2D eigenvalue weighted by atomic mass is 10.1. The molecule has 0 aliphatic rings. The molecule has 0 atom stereocenters. The molecule has 15 heteroatoms. The van der Waals surface area contributed by atoms with E-state index in [4.69, 9.17) is 44.5 Å². The number of ether oxygens (including phenoxy) is 3. The molecule has 1 heterocycles. The molecule has 0 amide bonds. The molecule has 1 aromatic heterocycles. The molecule has 0 aliphatic heterocycles. The molecule has 570 valence electrons. The number of rotatable bonds is 54. The first-order chi connectivity index (χ1) is 53.5. The first kappa shape index (κ1) is 80.9. The number of unbranched alkanes of at least 4 members (excludes halogenated alkanes) is 33. The SMILES string of the molecule is CCCCCCCCCCCCCCOc1ccc(N=Nc2ccc(Nc3nc(Nc4ccc(N=Nc5ccc(OCCCCCCCCCCCCCC)c6ccccc56)cc4)nc(Nc4ccc(N=Nc5ccc(OCCCCCCCCCCCCCC)c6ccccc56)cc4)n3)cc2)c2ccccc12. The third kappa shape index (κ3) is 28.2. The molecule has 0 saturated heterocycles. The van der Waals surface area contributed by atoms with Gasteiger partial charge in [-0.15, -0.1) is 15.3 Å². The van der Waals surface area contributed by atoms with Gasteiger partial charge in [0.25, 0.3) is 0 Å². The Morgan fingerprint density at radius 3 is 0.667 bits per heavy atom. The lowest BCUT2D eigenvalue weighted by Gasteiger charge is -2.12. The fourth-order valence-electron chi connectivity index (χ4n) is 13.9. The van der Waals surface area contributed by atoms with E-state index in [2.05, 4.69) is 88.5 Å². The van der Waals surface area contributed by atoms with E-state index in [1.54, 1.807) is 0 Å². The Balaban J connectivity index is 0.762. The maximum absolute atomic E-state index is 6.37. The zero-order valence-electron chi connectivity index (χ0n) is 65.1. The Labute approximate surface area is 644 Å². The van der Waals surface area contributed by atoms with Gasteiger partial charge in [-0.2, -0.15) is 30.3 Å². The molecule has 0 unspecified atom stereocenters. The summed E-state index contributed by atoms with van der Waals surface area (Å²) in [6, 6.07) is 59.9. The standard InChI is InChI=1S/C93H120N12O3/c1-4-7-10-13-16-19-22-25-28-31-34-43-70-106-88-67-64-85(79-46-37-40-49-82(79)88)103-100-76-58-52-73(53-59-76)94-91-97-92(95-74-54-60-77(61-55-74)101-104-86-65-68-89(83-50-41-38-47-80(83)86)107-71-44-35-32-29-26-23-20-17-14-11-8-5-2)99-93(98-91)96-75-56-62-78(63-57-75)102-105-87-66-69-90(84-51-42-39-48-81(84)87)108-72-45-36-33-30-27-24-21-18-15-12-9-6-3/h37-42,46-69H,4-36,43-45,70-72H2,1-3H3,(H3,94,95,96,97,98,99). The van der Waals surface area contributed by atoms with Crippen LogP contribution in [0.2, 0.25) is 0 Å². The molecule has 0 radical (unpaired) electrons. The quantitative estimate of drug-likeness (QED) is 0.0247. The summed E-state index contributed by atoms with van der Waals surface area (Å²) in [4.78, 5) is 14.6. The molecule has 0 fully saturated rings. The molecule has 10 rings (SSSR count). The monoisotopic (exact) mass is 1450 g/mol. The molecule has 15 nitrogen and oxygen atoms in total. The third-order valence-corrected chi connectivity index (χ3v) is 20.2. The van der Waals surface area contributed by atoms with Crippen LogP contribution in [0.5, 0.6) is 17.2 Å². The first-order valence-electron chi connectivity index (χ1n) is 41.6. The Morgan fingerprint density at radius 2 is 0.435 bits per heavy atom. The fourth-order valence-corrected chi connectivity index (χ4v) is 13.9. The molecular weight excluding hydrogens is 1330 g/mol. The van der Waals surface area contributed by atoms with E-state index >= 15 is 0 Å². The van der Waals surface area contributed by atoms with Crippen molar-refractivity contribution in [2.75, 3.05) is 35.8 Å².